The van der Waals surface area contributed by atoms with Crippen LogP contribution >= 0.6 is 0 Å². The molecular weight excluding hydrogens is 464 g/mol. The van der Waals surface area contributed by atoms with Gasteiger partial charge in [0, 0.05) is 24.0 Å². The van der Waals surface area contributed by atoms with Gasteiger partial charge in [0.15, 0.2) is 11.6 Å². The molecule has 0 radical (unpaired) electrons. The minimum absolute atomic E-state index is 0.247. The first-order chi connectivity index (χ1) is 18.7. The molecule has 0 bridgehead atoms. The van der Waals surface area contributed by atoms with Crippen LogP contribution in [-0.2, 0) is 0 Å². The fourth-order valence-electron chi connectivity index (χ4n) is 5.18. The highest BCUT2D eigenvalue weighted by Crippen LogP contribution is 2.22. The van der Waals surface area contributed by atoms with E-state index in [2.05, 4.69) is 13.8 Å². The van der Waals surface area contributed by atoms with Crippen molar-refractivity contribution >= 4 is 11.6 Å². The number of rotatable bonds is 23. The molecule has 210 valence electrons. The molecule has 0 aliphatic carbocycles. The molecule has 0 saturated carbocycles. The van der Waals surface area contributed by atoms with Crippen molar-refractivity contribution in [1.29, 1.82) is 0 Å². The van der Waals surface area contributed by atoms with E-state index in [1.165, 1.54) is 89.9 Å². The van der Waals surface area contributed by atoms with Crippen LogP contribution in [0.4, 0.5) is 0 Å². The van der Waals surface area contributed by atoms with E-state index in [0.717, 1.165) is 47.9 Å². The zero-order valence-electron chi connectivity index (χ0n) is 24.6. The summed E-state index contributed by atoms with van der Waals surface area (Å²) in [6, 6.07) is 15.9. The standard InChI is InChI=1S/C36H54O2/c1-3-5-7-9-11-13-15-17-19-21-35(37)33-27-23-31(24-28-33)32-25-29-34(30-26-32)36(38)22-20-18-16-14-12-10-8-6-4-2/h23-30H,3-22H2,1-2H3. The minimum atomic E-state index is 0.247. The third-order valence-corrected chi connectivity index (χ3v) is 7.76. The highest BCUT2D eigenvalue weighted by molar-refractivity contribution is 5.97. The number of hydrogen-bond donors (Lipinski definition) is 0. The van der Waals surface area contributed by atoms with E-state index in [0.29, 0.717) is 12.8 Å². The molecule has 0 aliphatic heterocycles. The predicted octanol–water partition coefficient (Wildman–Crippen LogP) is 11.6. The first-order valence-electron chi connectivity index (χ1n) is 15.9. The zero-order valence-corrected chi connectivity index (χ0v) is 24.6. The van der Waals surface area contributed by atoms with Crippen LogP contribution in [0.5, 0.6) is 0 Å². The summed E-state index contributed by atoms with van der Waals surface area (Å²) in [6.45, 7) is 4.51. The van der Waals surface area contributed by atoms with Crippen molar-refractivity contribution in [2.75, 3.05) is 0 Å². The molecule has 0 heterocycles. The van der Waals surface area contributed by atoms with Gasteiger partial charge in [-0.15, -0.1) is 0 Å². The summed E-state index contributed by atoms with van der Waals surface area (Å²) in [5.41, 5.74) is 3.78. The summed E-state index contributed by atoms with van der Waals surface area (Å²) < 4.78 is 0. The summed E-state index contributed by atoms with van der Waals surface area (Å²) in [5.74, 6) is 0.494. The van der Waals surface area contributed by atoms with Gasteiger partial charge in [0.1, 0.15) is 0 Å². The molecule has 2 rings (SSSR count). The Labute approximate surface area is 234 Å². The molecule has 38 heavy (non-hydrogen) atoms. The van der Waals surface area contributed by atoms with Gasteiger partial charge in [0.2, 0.25) is 0 Å². The minimum Gasteiger partial charge on any atom is -0.294 e. The molecule has 0 aromatic heterocycles. The van der Waals surface area contributed by atoms with Crippen LogP contribution in [0, 0.1) is 0 Å². The maximum absolute atomic E-state index is 12.6. The largest absolute Gasteiger partial charge is 0.294 e. The summed E-state index contributed by atoms with van der Waals surface area (Å²) in [5, 5.41) is 0. The monoisotopic (exact) mass is 518 g/mol. The summed E-state index contributed by atoms with van der Waals surface area (Å²) in [4.78, 5) is 25.2. The number of ketones is 2. The lowest BCUT2D eigenvalue weighted by atomic mass is 9.97. The number of unbranched alkanes of at least 4 members (excludes halogenated alkanes) is 16. The topological polar surface area (TPSA) is 34.1 Å². The second-order valence-electron chi connectivity index (χ2n) is 11.2. The number of Topliss-reactive ketones (excluding diaryl/α,β-unsaturated/α-hetero) is 2. The van der Waals surface area contributed by atoms with Crippen LogP contribution in [0.3, 0.4) is 0 Å². The fraction of sp³-hybridized carbons (Fsp3) is 0.611. The maximum Gasteiger partial charge on any atom is 0.162 e. The van der Waals surface area contributed by atoms with Gasteiger partial charge in [-0.25, -0.2) is 0 Å². The van der Waals surface area contributed by atoms with Gasteiger partial charge in [-0.05, 0) is 24.0 Å². The molecule has 2 heteroatoms. The Bertz CT molecular complexity index is 803. The summed E-state index contributed by atoms with van der Waals surface area (Å²) >= 11 is 0. The molecule has 2 aromatic rings. The molecule has 0 amide bonds. The lowest BCUT2D eigenvalue weighted by molar-refractivity contribution is 0.0971. The van der Waals surface area contributed by atoms with Crippen LogP contribution in [0.25, 0.3) is 11.1 Å². The molecule has 0 fully saturated rings. The third kappa shape index (κ3) is 13.5. The van der Waals surface area contributed by atoms with Crippen molar-refractivity contribution in [3.8, 4) is 11.1 Å². The Morgan fingerprint density at radius 1 is 0.395 bits per heavy atom. The van der Waals surface area contributed by atoms with Gasteiger partial charge in [-0.3, -0.25) is 9.59 Å². The smallest absolute Gasteiger partial charge is 0.162 e. The number of benzene rings is 2. The van der Waals surface area contributed by atoms with Crippen molar-refractivity contribution in [3.63, 3.8) is 0 Å². The first kappa shape index (κ1) is 32.0. The molecule has 0 saturated heterocycles. The Balaban J connectivity index is 1.65. The van der Waals surface area contributed by atoms with E-state index < -0.39 is 0 Å². The highest BCUT2D eigenvalue weighted by atomic mass is 16.1. The molecule has 0 atom stereocenters. The van der Waals surface area contributed by atoms with E-state index in [9.17, 15) is 9.59 Å². The van der Waals surface area contributed by atoms with Gasteiger partial charge < -0.3 is 0 Å². The maximum atomic E-state index is 12.6. The van der Waals surface area contributed by atoms with Crippen LogP contribution in [0.15, 0.2) is 48.5 Å². The third-order valence-electron chi connectivity index (χ3n) is 7.76. The molecule has 0 unspecified atom stereocenters. The molecule has 0 spiro atoms. The van der Waals surface area contributed by atoms with E-state index in [4.69, 9.17) is 0 Å². The van der Waals surface area contributed by atoms with Crippen molar-refractivity contribution in [2.45, 2.75) is 142 Å². The number of hydrogen-bond acceptors (Lipinski definition) is 2. The fourth-order valence-corrected chi connectivity index (χ4v) is 5.18. The molecule has 0 aliphatic rings. The zero-order chi connectivity index (χ0) is 27.3. The van der Waals surface area contributed by atoms with Crippen molar-refractivity contribution < 1.29 is 9.59 Å². The van der Waals surface area contributed by atoms with Crippen LogP contribution in [0.1, 0.15) is 163 Å². The van der Waals surface area contributed by atoms with Crippen LogP contribution < -0.4 is 0 Å². The van der Waals surface area contributed by atoms with E-state index in [1.54, 1.807) is 0 Å². The molecule has 2 aromatic carbocycles. The van der Waals surface area contributed by atoms with Gasteiger partial charge in [0.05, 0.1) is 0 Å². The van der Waals surface area contributed by atoms with E-state index in [1.807, 2.05) is 48.5 Å². The highest BCUT2D eigenvalue weighted by Gasteiger charge is 2.08. The van der Waals surface area contributed by atoms with E-state index >= 15 is 0 Å². The van der Waals surface area contributed by atoms with Gasteiger partial charge in [0.25, 0.3) is 0 Å². The van der Waals surface area contributed by atoms with Gasteiger partial charge in [-0.2, -0.15) is 0 Å². The quantitative estimate of drug-likeness (QED) is 0.108. The summed E-state index contributed by atoms with van der Waals surface area (Å²) in [7, 11) is 0. The average molecular weight is 519 g/mol. The average Bonchev–Trinajstić information content (AvgIpc) is 2.95. The molecular formula is C36H54O2. The second-order valence-corrected chi connectivity index (χ2v) is 11.2. The van der Waals surface area contributed by atoms with Crippen LogP contribution in [0.2, 0.25) is 0 Å². The van der Waals surface area contributed by atoms with Crippen molar-refractivity contribution in [3.05, 3.63) is 59.7 Å². The number of carbonyl (C=O) groups excluding carboxylic acids is 2. The predicted molar refractivity (Wildman–Crippen MR) is 164 cm³/mol. The van der Waals surface area contributed by atoms with Gasteiger partial charge in [-0.1, -0.05) is 165 Å². The first-order valence-corrected chi connectivity index (χ1v) is 15.9. The van der Waals surface area contributed by atoms with Crippen molar-refractivity contribution in [2.24, 2.45) is 0 Å². The second kappa shape index (κ2) is 20.7. The lowest BCUT2D eigenvalue weighted by Gasteiger charge is -2.07. The Kier molecular flexibility index (Phi) is 17.4. The molecule has 0 N–H and O–H groups in total. The van der Waals surface area contributed by atoms with Gasteiger partial charge >= 0.3 is 0 Å². The normalized spacial score (nSPS) is 11.1. The lowest BCUT2D eigenvalue weighted by Crippen LogP contribution is -1.99. The van der Waals surface area contributed by atoms with Crippen LogP contribution in [-0.4, -0.2) is 11.6 Å². The Hall–Kier alpha value is -2.22. The SMILES string of the molecule is CCCCCCCCCCCC(=O)c1ccc(-c2ccc(C(=O)CCCCCCCCCCC)cc2)cc1. The summed E-state index contributed by atoms with van der Waals surface area (Å²) in [6.07, 6.45) is 24.1. The molecule has 2 nitrogen and oxygen atoms in total. The Morgan fingerprint density at radius 3 is 0.947 bits per heavy atom. The number of carbonyl (C=O) groups is 2. The van der Waals surface area contributed by atoms with E-state index in [-0.39, 0.29) is 11.6 Å². The Morgan fingerprint density at radius 2 is 0.658 bits per heavy atom. The van der Waals surface area contributed by atoms with Crippen molar-refractivity contribution in [1.82, 2.24) is 0 Å².